The van der Waals surface area contributed by atoms with Gasteiger partial charge in [-0.05, 0) is 56.1 Å². The molecule has 2 saturated heterocycles. The second-order valence-corrected chi connectivity index (χ2v) is 8.17. The van der Waals surface area contributed by atoms with Gasteiger partial charge >= 0.3 is 11.7 Å². The van der Waals surface area contributed by atoms with Gasteiger partial charge in [0.15, 0.2) is 0 Å². The van der Waals surface area contributed by atoms with Crippen LogP contribution < -0.4 is 22.5 Å². The first kappa shape index (κ1) is 20.5. The number of nitrogens with one attached hydrogen (secondary N) is 1. The summed E-state index contributed by atoms with van der Waals surface area (Å²) < 4.78 is 1.46. The molecule has 1 aromatic carbocycles. The molecule has 0 saturated carbocycles. The van der Waals surface area contributed by atoms with Crippen LogP contribution in [0.5, 0.6) is 0 Å². The number of anilines is 1. The summed E-state index contributed by atoms with van der Waals surface area (Å²) >= 11 is 0. The third kappa shape index (κ3) is 4.86. The molecule has 30 heavy (non-hydrogen) atoms. The molecule has 2 aliphatic rings. The van der Waals surface area contributed by atoms with Crippen molar-refractivity contribution in [2.75, 3.05) is 31.5 Å². The standard InChI is InChI=1S/C21H29N7O2/c22-16-5-9-26(10-6-16)13-15-1-3-18(4-2-15)28-12-8-19(25-21(28)30)24-20(29)27-11-7-17(23)14-27/h1-4,8,12,16-17H,5-7,9-11,13-14,22-23H2,(H,24,25,29,30). The molecule has 4 rings (SSSR count). The number of carbonyl (C=O) groups is 1. The Kier molecular flexibility index (Phi) is 6.12. The van der Waals surface area contributed by atoms with Gasteiger partial charge in [0.1, 0.15) is 5.82 Å². The third-order valence-corrected chi connectivity index (χ3v) is 5.80. The molecule has 1 atom stereocenters. The van der Waals surface area contributed by atoms with Crippen LogP contribution in [0.4, 0.5) is 10.6 Å². The smallest absolute Gasteiger partial charge is 0.328 e. The first-order chi connectivity index (χ1) is 14.5. The lowest BCUT2D eigenvalue weighted by atomic mass is 10.1. The molecule has 3 heterocycles. The zero-order valence-corrected chi connectivity index (χ0v) is 17.0. The first-order valence-corrected chi connectivity index (χ1v) is 10.5. The summed E-state index contributed by atoms with van der Waals surface area (Å²) in [6.45, 7) is 4.04. The number of likely N-dealkylation sites (tertiary alicyclic amines) is 2. The van der Waals surface area contributed by atoms with Gasteiger partial charge < -0.3 is 16.4 Å². The van der Waals surface area contributed by atoms with E-state index in [1.165, 1.54) is 10.1 Å². The van der Waals surface area contributed by atoms with E-state index in [0.29, 0.717) is 19.1 Å². The molecule has 0 aliphatic carbocycles. The number of rotatable bonds is 4. The van der Waals surface area contributed by atoms with Gasteiger partial charge in [-0.15, -0.1) is 0 Å². The lowest BCUT2D eigenvalue weighted by Crippen LogP contribution is -2.39. The normalized spacial score (nSPS) is 20.5. The summed E-state index contributed by atoms with van der Waals surface area (Å²) in [5.74, 6) is 0.238. The predicted molar refractivity (Wildman–Crippen MR) is 116 cm³/mol. The molecule has 1 aromatic heterocycles. The van der Waals surface area contributed by atoms with Crippen molar-refractivity contribution in [3.05, 3.63) is 52.6 Å². The van der Waals surface area contributed by atoms with E-state index in [0.717, 1.165) is 44.6 Å². The number of urea groups is 1. The Morgan fingerprint density at radius 1 is 1.03 bits per heavy atom. The summed E-state index contributed by atoms with van der Waals surface area (Å²) in [5.41, 5.74) is 13.3. The number of benzene rings is 1. The van der Waals surface area contributed by atoms with E-state index < -0.39 is 5.69 Å². The molecule has 0 radical (unpaired) electrons. The highest BCUT2D eigenvalue weighted by Crippen LogP contribution is 2.15. The second kappa shape index (κ2) is 8.95. The maximum Gasteiger partial charge on any atom is 0.354 e. The molecular formula is C21H29N7O2. The van der Waals surface area contributed by atoms with Crippen LogP contribution in [-0.4, -0.2) is 63.6 Å². The lowest BCUT2D eigenvalue weighted by Gasteiger charge is -2.30. The number of carbonyl (C=O) groups excluding carboxylic acids is 1. The van der Waals surface area contributed by atoms with E-state index in [1.807, 2.05) is 24.3 Å². The molecule has 2 aliphatic heterocycles. The minimum absolute atomic E-state index is 0.00664. The fourth-order valence-corrected chi connectivity index (χ4v) is 3.96. The third-order valence-electron chi connectivity index (χ3n) is 5.80. The van der Waals surface area contributed by atoms with Crippen LogP contribution in [0.1, 0.15) is 24.8 Å². The van der Waals surface area contributed by atoms with Crippen molar-refractivity contribution in [1.29, 1.82) is 0 Å². The molecule has 9 nitrogen and oxygen atoms in total. The Hall–Kier alpha value is -2.75. The van der Waals surface area contributed by atoms with Crippen molar-refractivity contribution in [3.63, 3.8) is 0 Å². The van der Waals surface area contributed by atoms with E-state index in [2.05, 4.69) is 15.2 Å². The molecule has 9 heteroatoms. The maximum atomic E-state index is 12.5. The van der Waals surface area contributed by atoms with Crippen molar-refractivity contribution in [1.82, 2.24) is 19.4 Å². The van der Waals surface area contributed by atoms with Gasteiger partial charge in [-0.2, -0.15) is 4.98 Å². The Labute approximate surface area is 175 Å². The highest BCUT2D eigenvalue weighted by atomic mass is 16.2. The van der Waals surface area contributed by atoms with E-state index in [-0.39, 0.29) is 17.9 Å². The topological polar surface area (TPSA) is 123 Å². The molecule has 160 valence electrons. The zero-order chi connectivity index (χ0) is 21.1. The fourth-order valence-electron chi connectivity index (χ4n) is 3.96. The zero-order valence-electron chi connectivity index (χ0n) is 17.0. The van der Waals surface area contributed by atoms with E-state index in [1.54, 1.807) is 17.2 Å². The van der Waals surface area contributed by atoms with Crippen LogP contribution in [0.3, 0.4) is 0 Å². The van der Waals surface area contributed by atoms with Crippen LogP contribution in [0.2, 0.25) is 0 Å². The maximum absolute atomic E-state index is 12.5. The first-order valence-electron chi connectivity index (χ1n) is 10.5. The largest absolute Gasteiger partial charge is 0.354 e. The number of nitrogens with two attached hydrogens (primary N) is 2. The summed E-state index contributed by atoms with van der Waals surface area (Å²) in [6, 6.07) is 9.56. The van der Waals surface area contributed by atoms with Gasteiger partial charge in [-0.3, -0.25) is 14.8 Å². The average Bonchev–Trinajstić information content (AvgIpc) is 3.17. The molecule has 2 aromatic rings. The molecule has 2 amide bonds. The van der Waals surface area contributed by atoms with Gasteiger partial charge in [0.05, 0.1) is 5.69 Å². The average molecular weight is 412 g/mol. The highest BCUT2D eigenvalue weighted by Gasteiger charge is 2.24. The number of nitrogens with zero attached hydrogens (tertiary/aromatic N) is 4. The van der Waals surface area contributed by atoms with Gasteiger partial charge in [-0.25, -0.2) is 9.59 Å². The number of hydrogen-bond acceptors (Lipinski definition) is 6. The Morgan fingerprint density at radius 2 is 1.73 bits per heavy atom. The number of piperidine rings is 1. The van der Waals surface area contributed by atoms with Gasteiger partial charge in [0.25, 0.3) is 0 Å². The SMILES string of the molecule is NC1CCN(Cc2ccc(-n3ccc(NC(=O)N4CCC(N)C4)nc3=O)cc2)CC1. The summed E-state index contributed by atoms with van der Waals surface area (Å²) in [4.78, 5) is 32.8. The van der Waals surface area contributed by atoms with Gasteiger partial charge in [0.2, 0.25) is 0 Å². The van der Waals surface area contributed by atoms with Gasteiger partial charge in [-0.1, -0.05) is 12.1 Å². The Bertz CT molecular complexity index is 935. The molecule has 2 fully saturated rings. The Morgan fingerprint density at radius 3 is 2.37 bits per heavy atom. The molecule has 0 bridgehead atoms. The minimum atomic E-state index is -0.441. The van der Waals surface area contributed by atoms with Gasteiger partial charge in [0, 0.05) is 37.9 Å². The van der Waals surface area contributed by atoms with Crippen molar-refractivity contribution < 1.29 is 4.79 Å². The number of amides is 2. The molecule has 0 spiro atoms. The lowest BCUT2D eigenvalue weighted by molar-refractivity contribution is 0.205. The van der Waals surface area contributed by atoms with Crippen molar-refractivity contribution in [3.8, 4) is 5.69 Å². The molecule has 1 unspecified atom stereocenters. The van der Waals surface area contributed by atoms with Crippen LogP contribution in [0.25, 0.3) is 5.69 Å². The second-order valence-electron chi connectivity index (χ2n) is 8.17. The van der Waals surface area contributed by atoms with E-state index >= 15 is 0 Å². The van der Waals surface area contributed by atoms with E-state index in [4.69, 9.17) is 11.5 Å². The predicted octanol–water partition coefficient (Wildman–Crippen LogP) is 0.721. The Balaban J connectivity index is 1.39. The summed E-state index contributed by atoms with van der Waals surface area (Å²) in [5, 5.41) is 2.67. The van der Waals surface area contributed by atoms with E-state index in [9.17, 15) is 9.59 Å². The number of aromatic nitrogens is 2. The van der Waals surface area contributed by atoms with Crippen LogP contribution in [-0.2, 0) is 6.54 Å². The van der Waals surface area contributed by atoms with Crippen LogP contribution in [0, 0.1) is 0 Å². The van der Waals surface area contributed by atoms with Crippen LogP contribution >= 0.6 is 0 Å². The van der Waals surface area contributed by atoms with Crippen LogP contribution in [0.15, 0.2) is 41.3 Å². The van der Waals surface area contributed by atoms with Crippen molar-refractivity contribution >= 4 is 11.8 Å². The molecular weight excluding hydrogens is 382 g/mol. The quantitative estimate of drug-likeness (QED) is 0.681. The summed E-state index contributed by atoms with van der Waals surface area (Å²) in [6.07, 6.45) is 4.48. The summed E-state index contributed by atoms with van der Waals surface area (Å²) in [7, 11) is 0. The fraction of sp³-hybridized carbons (Fsp3) is 0.476. The van der Waals surface area contributed by atoms with Crippen molar-refractivity contribution in [2.45, 2.75) is 37.9 Å². The number of hydrogen-bond donors (Lipinski definition) is 3. The highest BCUT2D eigenvalue weighted by molar-refractivity contribution is 5.88. The molecule has 5 N–H and O–H groups in total. The monoisotopic (exact) mass is 411 g/mol. The minimum Gasteiger partial charge on any atom is -0.328 e. The van der Waals surface area contributed by atoms with Crippen molar-refractivity contribution in [2.24, 2.45) is 11.5 Å².